The quantitative estimate of drug-likeness (QED) is 0.846. The van der Waals surface area contributed by atoms with E-state index in [9.17, 15) is 4.79 Å². The zero-order valence-corrected chi connectivity index (χ0v) is 14.8. The summed E-state index contributed by atoms with van der Waals surface area (Å²) in [4.78, 5) is 14.0. The Kier molecular flexibility index (Phi) is 4.39. The van der Waals surface area contributed by atoms with Crippen molar-refractivity contribution < 1.29 is 14.3 Å². The van der Waals surface area contributed by atoms with Gasteiger partial charge in [0, 0.05) is 18.7 Å². The number of ether oxygens (including phenoxy) is 2. The minimum Gasteiger partial charge on any atom is -0.495 e. The smallest absolute Gasteiger partial charge is 0.410 e. The Bertz CT molecular complexity index is 725. The highest BCUT2D eigenvalue weighted by Crippen LogP contribution is 2.32. The van der Waals surface area contributed by atoms with Crippen LogP contribution < -0.4 is 4.74 Å². The van der Waals surface area contributed by atoms with E-state index >= 15 is 0 Å². The summed E-state index contributed by atoms with van der Waals surface area (Å²) in [5, 5.41) is 4.44. The molecular formula is C18H25N3O3. The van der Waals surface area contributed by atoms with Gasteiger partial charge in [-0.25, -0.2) is 9.31 Å². The predicted octanol–water partition coefficient (Wildman–Crippen LogP) is 3.46. The standard InChI is InChI=1S/C18H25N3O3/c1-18(2,3)24-17(22)20-9-7-13(8-10-20)15-11-19-21-12-14(23-4)5-6-16(15)21/h5-6,11-13H,7-10H2,1-4H3. The number of aromatic nitrogens is 2. The number of amides is 1. The van der Waals surface area contributed by atoms with Gasteiger partial charge in [-0.2, -0.15) is 5.10 Å². The van der Waals surface area contributed by atoms with Crippen molar-refractivity contribution >= 4 is 11.6 Å². The molecule has 0 bridgehead atoms. The summed E-state index contributed by atoms with van der Waals surface area (Å²) in [6.07, 6.45) is 5.45. The first kappa shape index (κ1) is 16.6. The number of nitrogens with zero attached hydrogens (tertiary/aromatic N) is 3. The molecule has 1 fully saturated rings. The number of pyridine rings is 1. The van der Waals surface area contributed by atoms with Crippen molar-refractivity contribution in [1.82, 2.24) is 14.5 Å². The van der Waals surface area contributed by atoms with E-state index in [1.807, 2.05) is 49.8 Å². The molecule has 130 valence electrons. The highest BCUT2D eigenvalue weighted by atomic mass is 16.6. The molecule has 6 nitrogen and oxygen atoms in total. The van der Waals surface area contributed by atoms with Crippen LogP contribution in [0.3, 0.4) is 0 Å². The number of carbonyl (C=O) groups excluding carboxylic acids is 1. The first-order valence-corrected chi connectivity index (χ1v) is 8.36. The molecule has 1 aliphatic heterocycles. The van der Waals surface area contributed by atoms with Crippen LogP contribution in [-0.2, 0) is 4.74 Å². The lowest BCUT2D eigenvalue weighted by Crippen LogP contribution is -2.41. The summed E-state index contributed by atoms with van der Waals surface area (Å²) in [7, 11) is 1.65. The van der Waals surface area contributed by atoms with Gasteiger partial charge in [0.2, 0.25) is 0 Å². The van der Waals surface area contributed by atoms with Gasteiger partial charge in [-0.05, 0) is 51.7 Å². The second-order valence-corrected chi connectivity index (χ2v) is 7.24. The number of rotatable bonds is 2. The molecule has 0 saturated carbocycles. The van der Waals surface area contributed by atoms with Crippen LogP contribution in [0.5, 0.6) is 5.75 Å². The fourth-order valence-corrected chi connectivity index (χ4v) is 3.12. The highest BCUT2D eigenvalue weighted by molar-refractivity contribution is 5.68. The second-order valence-electron chi connectivity index (χ2n) is 7.24. The summed E-state index contributed by atoms with van der Waals surface area (Å²) < 4.78 is 12.5. The van der Waals surface area contributed by atoms with Gasteiger partial charge < -0.3 is 14.4 Å². The molecule has 6 heteroatoms. The van der Waals surface area contributed by atoms with Gasteiger partial charge in [-0.3, -0.25) is 0 Å². The van der Waals surface area contributed by atoms with Crippen molar-refractivity contribution in [3.05, 3.63) is 30.1 Å². The molecule has 1 aliphatic rings. The average molecular weight is 331 g/mol. The number of hydrogen-bond donors (Lipinski definition) is 0. The number of carbonyl (C=O) groups is 1. The SMILES string of the molecule is COc1ccc2c(C3CCN(C(=O)OC(C)(C)C)CC3)cnn2c1. The van der Waals surface area contributed by atoms with E-state index in [0.717, 1.165) is 24.1 Å². The molecule has 1 amide bonds. The molecule has 2 aromatic rings. The lowest BCUT2D eigenvalue weighted by Gasteiger charge is -2.33. The van der Waals surface area contributed by atoms with E-state index in [-0.39, 0.29) is 6.09 Å². The van der Waals surface area contributed by atoms with Gasteiger partial charge in [-0.15, -0.1) is 0 Å². The van der Waals surface area contributed by atoms with Crippen LogP contribution in [0.25, 0.3) is 5.52 Å². The third-order valence-electron chi connectivity index (χ3n) is 4.34. The van der Waals surface area contributed by atoms with Gasteiger partial charge >= 0.3 is 6.09 Å². The molecule has 2 aromatic heterocycles. The summed E-state index contributed by atoms with van der Waals surface area (Å²) in [5.41, 5.74) is 1.89. The number of methoxy groups -OCH3 is 1. The summed E-state index contributed by atoms with van der Waals surface area (Å²) in [5.74, 6) is 1.20. The molecule has 24 heavy (non-hydrogen) atoms. The van der Waals surface area contributed by atoms with Crippen molar-refractivity contribution in [2.24, 2.45) is 0 Å². The van der Waals surface area contributed by atoms with Crippen LogP contribution in [0, 0.1) is 0 Å². The van der Waals surface area contributed by atoms with Crippen LogP contribution in [0.15, 0.2) is 24.5 Å². The first-order valence-electron chi connectivity index (χ1n) is 8.36. The number of piperidine rings is 1. The maximum atomic E-state index is 12.2. The second kappa shape index (κ2) is 6.34. The molecule has 0 spiro atoms. The van der Waals surface area contributed by atoms with Gasteiger partial charge in [-0.1, -0.05) is 0 Å². The van der Waals surface area contributed by atoms with Crippen molar-refractivity contribution in [2.75, 3.05) is 20.2 Å². The molecule has 0 aromatic carbocycles. The Labute approximate surface area is 142 Å². The van der Waals surface area contributed by atoms with Crippen LogP contribution in [0.1, 0.15) is 45.1 Å². The zero-order chi connectivity index (χ0) is 17.3. The van der Waals surface area contributed by atoms with Gasteiger partial charge in [0.15, 0.2) is 0 Å². The van der Waals surface area contributed by atoms with Crippen molar-refractivity contribution in [3.63, 3.8) is 0 Å². The van der Waals surface area contributed by atoms with Crippen LogP contribution in [-0.4, -0.2) is 46.4 Å². The largest absolute Gasteiger partial charge is 0.495 e. The zero-order valence-electron chi connectivity index (χ0n) is 14.8. The lowest BCUT2D eigenvalue weighted by atomic mass is 9.90. The molecule has 0 radical (unpaired) electrons. The summed E-state index contributed by atoms with van der Waals surface area (Å²) in [6.45, 7) is 7.11. The van der Waals surface area contributed by atoms with Crippen LogP contribution in [0.4, 0.5) is 4.79 Å². The topological polar surface area (TPSA) is 56.1 Å². The Morgan fingerprint density at radius 3 is 2.58 bits per heavy atom. The van der Waals surface area contributed by atoms with Crippen molar-refractivity contribution in [1.29, 1.82) is 0 Å². The van der Waals surface area contributed by atoms with Crippen LogP contribution >= 0.6 is 0 Å². The lowest BCUT2D eigenvalue weighted by molar-refractivity contribution is 0.0205. The number of likely N-dealkylation sites (tertiary alicyclic amines) is 1. The first-order chi connectivity index (χ1) is 11.4. The normalized spacial score (nSPS) is 16.4. The van der Waals surface area contributed by atoms with Crippen molar-refractivity contribution in [2.45, 2.75) is 45.1 Å². The Balaban J connectivity index is 1.68. The Morgan fingerprint density at radius 2 is 1.96 bits per heavy atom. The number of fused-ring (bicyclic) bond motifs is 1. The van der Waals surface area contributed by atoms with E-state index in [1.165, 1.54) is 5.56 Å². The average Bonchev–Trinajstić information content (AvgIpc) is 2.96. The number of hydrogen-bond acceptors (Lipinski definition) is 4. The molecule has 0 aliphatic carbocycles. The third-order valence-corrected chi connectivity index (χ3v) is 4.34. The maximum absolute atomic E-state index is 12.2. The fourth-order valence-electron chi connectivity index (χ4n) is 3.12. The van der Waals surface area contributed by atoms with E-state index < -0.39 is 5.60 Å². The summed E-state index contributed by atoms with van der Waals surface area (Å²) >= 11 is 0. The molecular weight excluding hydrogens is 306 g/mol. The minimum atomic E-state index is -0.449. The third kappa shape index (κ3) is 3.47. The van der Waals surface area contributed by atoms with Crippen molar-refractivity contribution in [3.8, 4) is 5.75 Å². The van der Waals surface area contributed by atoms with E-state index in [0.29, 0.717) is 19.0 Å². The van der Waals surface area contributed by atoms with E-state index in [4.69, 9.17) is 9.47 Å². The molecule has 0 N–H and O–H groups in total. The van der Waals surface area contributed by atoms with Gasteiger partial charge in [0.05, 0.1) is 25.0 Å². The monoisotopic (exact) mass is 331 g/mol. The molecule has 1 saturated heterocycles. The van der Waals surface area contributed by atoms with Gasteiger partial charge in [0.1, 0.15) is 11.4 Å². The Hall–Kier alpha value is -2.24. The minimum absolute atomic E-state index is 0.217. The molecule has 3 rings (SSSR count). The maximum Gasteiger partial charge on any atom is 0.410 e. The van der Waals surface area contributed by atoms with E-state index in [1.54, 1.807) is 12.0 Å². The van der Waals surface area contributed by atoms with Gasteiger partial charge in [0.25, 0.3) is 0 Å². The summed E-state index contributed by atoms with van der Waals surface area (Å²) in [6, 6.07) is 4.00. The predicted molar refractivity (Wildman–Crippen MR) is 91.5 cm³/mol. The fraction of sp³-hybridized carbons (Fsp3) is 0.556. The van der Waals surface area contributed by atoms with Crippen LogP contribution in [0.2, 0.25) is 0 Å². The molecule has 3 heterocycles. The van der Waals surface area contributed by atoms with E-state index in [2.05, 4.69) is 5.10 Å². The molecule has 0 unspecified atom stereocenters. The molecule has 0 atom stereocenters. The highest BCUT2D eigenvalue weighted by Gasteiger charge is 2.28. The Morgan fingerprint density at radius 1 is 1.25 bits per heavy atom.